The average Bonchev–Trinajstić information content (AvgIpc) is 2.66. The summed E-state index contributed by atoms with van der Waals surface area (Å²) in [5.41, 5.74) is 10.0. The molecule has 4 heteroatoms. The van der Waals surface area contributed by atoms with Crippen molar-refractivity contribution in [3.8, 4) is 17.2 Å². The Morgan fingerprint density at radius 2 is 1.44 bits per heavy atom. The fraction of sp³-hybridized carbons (Fsp3) is 0.130. The van der Waals surface area contributed by atoms with Crippen molar-refractivity contribution in [2.45, 2.75) is 20.1 Å². The number of aromatic hydroxyl groups is 1. The highest BCUT2D eigenvalue weighted by molar-refractivity contribution is 5.63. The standard InChI is InChI=1S/C23H23NO3/c1-16-7-3-4-8-18(16)14-26-21-11-20(17(2)24)12-22(13-21)27-15-19-9-5-6-10-23(19)25/h3-13,25H,2,14-15,24H2,1H3. The first kappa shape index (κ1) is 18.4. The normalized spacial score (nSPS) is 10.4. The van der Waals surface area contributed by atoms with Crippen LogP contribution in [0.2, 0.25) is 0 Å². The highest BCUT2D eigenvalue weighted by atomic mass is 16.5. The number of hydrogen-bond donors (Lipinski definition) is 2. The summed E-state index contributed by atoms with van der Waals surface area (Å²) >= 11 is 0. The molecule has 3 rings (SSSR count). The van der Waals surface area contributed by atoms with Gasteiger partial charge in [-0.15, -0.1) is 0 Å². The van der Waals surface area contributed by atoms with Gasteiger partial charge in [0, 0.05) is 22.9 Å². The van der Waals surface area contributed by atoms with Crippen molar-refractivity contribution in [1.82, 2.24) is 0 Å². The quantitative estimate of drug-likeness (QED) is 0.635. The van der Waals surface area contributed by atoms with E-state index in [0.717, 1.165) is 11.1 Å². The van der Waals surface area contributed by atoms with E-state index in [9.17, 15) is 5.11 Å². The van der Waals surface area contributed by atoms with Crippen LogP contribution in [-0.4, -0.2) is 5.11 Å². The Morgan fingerprint density at radius 1 is 0.889 bits per heavy atom. The fourth-order valence-electron chi connectivity index (χ4n) is 2.65. The first-order valence-electron chi connectivity index (χ1n) is 8.70. The molecule has 0 heterocycles. The van der Waals surface area contributed by atoms with E-state index in [2.05, 4.69) is 19.6 Å². The summed E-state index contributed by atoms with van der Waals surface area (Å²) in [6.45, 7) is 6.54. The lowest BCUT2D eigenvalue weighted by atomic mass is 10.1. The molecule has 4 nitrogen and oxygen atoms in total. The Hall–Kier alpha value is -3.40. The molecule has 0 bridgehead atoms. The number of rotatable bonds is 7. The summed E-state index contributed by atoms with van der Waals surface area (Å²) in [7, 11) is 0. The number of para-hydroxylation sites is 1. The molecule has 0 aliphatic heterocycles. The van der Waals surface area contributed by atoms with Crippen molar-refractivity contribution < 1.29 is 14.6 Å². The number of hydrogen-bond acceptors (Lipinski definition) is 4. The molecular formula is C23H23NO3. The van der Waals surface area contributed by atoms with E-state index in [1.807, 2.05) is 48.5 Å². The van der Waals surface area contributed by atoms with Gasteiger partial charge in [-0.2, -0.15) is 0 Å². The molecule has 3 N–H and O–H groups in total. The third kappa shape index (κ3) is 4.82. The van der Waals surface area contributed by atoms with Crippen molar-refractivity contribution in [3.05, 3.63) is 95.6 Å². The van der Waals surface area contributed by atoms with Crippen LogP contribution in [0.1, 0.15) is 22.3 Å². The first-order chi connectivity index (χ1) is 13.0. The van der Waals surface area contributed by atoms with Crippen LogP contribution < -0.4 is 15.2 Å². The molecule has 0 aliphatic rings. The van der Waals surface area contributed by atoms with Gasteiger partial charge in [0.1, 0.15) is 30.5 Å². The highest BCUT2D eigenvalue weighted by Gasteiger charge is 2.07. The topological polar surface area (TPSA) is 64.7 Å². The van der Waals surface area contributed by atoms with Crippen molar-refractivity contribution in [2.24, 2.45) is 5.73 Å². The minimum absolute atomic E-state index is 0.202. The van der Waals surface area contributed by atoms with E-state index in [1.165, 1.54) is 5.56 Å². The fourth-order valence-corrected chi connectivity index (χ4v) is 2.65. The largest absolute Gasteiger partial charge is 0.508 e. The number of benzene rings is 3. The first-order valence-corrected chi connectivity index (χ1v) is 8.70. The minimum Gasteiger partial charge on any atom is -0.508 e. The summed E-state index contributed by atoms with van der Waals surface area (Å²) in [5, 5.41) is 9.88. The third-order valence-electron chi connectivity index (χ3n) is 4.29. The monoisotopic (exact) mass is 361 g/mol. The van der Waals surface area contributed by atoms with Gasteiger partial charge in [0.15, 0.2) is 0 Å². The second-order valence-corrected chi connectivity index (χ2v) is 6.35. The van der Waals surface area contributed by atoms with Crippen LogP contribution in [0, 0.1) is 6.92 Å². The Labute approximate surface area is 159 Å². The van der Waals surface area contributed by atoms with E-state index in [-0.39, 0.29) is 12.4 Å². The summed E-state index contributed by atoms with van der Waals surface area (Å²) in [6.07, 6.45) is 0. The maximum atomic E-state index is 9.88. The molecule has 0 spiro atoms. The van der Waals surface area contributed by atoms with Crippen molar-refractivity contribution in [1.29, 1.82) is 0 Å². The number of nitrogens with two attached hydrogens (primary N) is 1. The van der Waals surface area contributed by atoms with Gasteiger partial charge < -0.3 is 20.3 Å². The van der Waals surface area contributed by atoms with Gasteiger partial charge in [0.25, 0.3) is 0 Å². The Kier molecular flexibility index (Phi) is 5.67. The second kappa shape index (κ2) is 8.32. The van der Waals surface area contributed by atoms with Crippen LogP contribution in [0.15, 0.2) is 73.3 Å². The van der Waals surface area contributed by atoms with Gasteiger partial charge >= 0.3 is 0 Å². The smallest absolute Gasteiger partial charge is 0.124 e. The van der Waals surface area contributed by atoms with E-state index in [4.69, 9.17) is 15.2 Å². The summed E-state index contributed by atoms with van der Waals surface area (Å²) in [4.78, 5) is 0. The molecule has 0 saturated heterocycles. The molecule has 138 valence electrons. The van der Waals surface area contributed by atoms with Crippen LogP contribution in [-0.2, 0) is 13.2 Å². The van der Waals surface area contributed by atoms with Crippen molar-refractivity contribution in [2.75, 3.05) is 0 Å². The molecule has 27 heavy (non-hydrogen) atoms. The Morgan fingerprint density at radius 3 is 2.04 bits per heavy atom. The van der Waals surface area contributed by atoms with Gasteiger partial charge in [0.2, 0.25) is 0 Å². The van der Waals surface area contributed by atoms with Gasteiger partial charge in [0.05, 0.1) is 0 Å². The maximum absolute atomic E-state index is 9.88. The molecule has 0 saturated carbocycles. The summed E-state index contributed by atoms with van der Waals surface area (Å²) in [5.74, 6) is 1.45. The second-order valence-electron chi connectivity index (χ2n) is 6.35. The number of aryl methyl sites for hydroxylation is 1. The van der Waals surface area contributed by atoms with Crippen molar-refractivity contribution >= 4 is 5.70 Å². The van der Waals surface area contributed by atoms with Crippen LogP contribution in [0.25, 0.3) is 5.70 Å². The highest BCUT2D eigenvalue weighted by Crippen LogP contribution is 2.28. The SMILES string of the molecule is C=C(N)c1cc(OCc2ccccc2C)cc(OCc2ccccc2O)c1. The van der Waals surface area contributed by atoms with Crippen LogP contribution in [0.5, 0.6) is 17.2 Å². The molecule has 0 unspecified atom stereocenters. The molecule has 0 amide bonds. The van der Waals surface area contributed by atoms with E-state index in [0.29, 0.717) is 29.4 Å². The zero-order chi connectivity index (χ0) is 19.2. The Bertz CT molecular complexity index is 882. The van der Waals surface area contributed by atoms with Gasteiger partial charge in [-0.1, -0.05) is 49.0 Å². The average molecular weight is 361 g/mol. The van der Waals surface area contributed by atoms with E-state index in [1.54, 1.807) is 12.1 Å². The lowest BCUT2D eigenvalue weighted by Crippen LogP contribution is -2.02. The van der Waals surface area contributed by atoms with Gasteiger partial charge in [-0.05, 0) is 36.2 Å². The van der Waals surface area contributed by atoms with Crippen LogP contribution in [0.3, 0.4) is 0 Å². The molecule has 0 atom stereocenters. The van der Waals surface area contributed by atoms with Crippen LogP contribution >= 0.6 is 0 Å². The molecule has 0 radical (unpaired) electrons. The van der Waals surface area contributed by atoms with Crippen LogP contribution in [0.4, 0.5) is 0 Å². The predicted octanol–water partition coefficient (Wildman–Crippen LogP) is 4.79. The van der Waals surface area contributed by atoms with Gasteiger partial charge in [-0.3, -0.25) is 0 Å². The number of phenolic OH excluding ortho intramolecular Hbond substituents is 1. The molecule has 3 aromatic carbocycles. The van der Waals surface area contributed by atoms with Crippen molar-refractivity contribution in [3.63, 3.8) is 0 Å². The minimum atomic E-state index is 0.202. The van der Waals surface area contributed by atoms with Gasteiger partial charge in [-0.25, -0.2) is 0 Å². The molecular weight excluding hydrogens is 338 g/mol. The predicted molar refractivity (Wildman–Crippen MR) is 108 cm³/mol. The lowest BCUT2D eigenvalue weighted by Gasteiger charge is -2.14. The molecule has 0 fully saturated rings. The maximum Gasteiger partial charge on any atom is 0.124 e. The number of phenols is 1. The Balaban J connectivity index is 1.77. The molecule has 0 aliphatic carbocycles. The van der Waals surface area contributed by atoms with E-state index < -0.39 is 0 Å². The summed E-state index contributed by atoms with van der Waals surface area (Å²) < 4.78 is 11.8. The lowest BCUT2D eigenvalue weighted by molar-refractivity contribution is 0.286. The summed E-state index contributed by atoms with van der Waals surface area (Å²) in [6, 6.07) is 20.6. The van der Waals surface area contributed by atoms with E-state index >= 15 is 0 Å². The molecule has 0 aromatic heterocycles. The molecule has 3 aromatic rings. The number of ether oxygens (including phenoxy) is 2. The third-order valence-corrected chi connectivity index (χ3v) is 4.29. The zero-order valence-corrected chi connectivity index (χ0v) is 15.3. The zero-order valence-electron chi connectivity index (χ0n) is 15.3.